The van der Waals surface area contributed by atoms with Crippen LogP contribution in [-0.4, -0.2) is 12.6 Å². The summed E-state index contributed by atoms with van der Waals surface area (Å²) in [6.07, 6.45) is 2.14. The van der Waals surface area contributed by atoms with Gasteiger partial charge in [0.2, 0.25) is 0 Å². The second-order valence-corrected chi connectivity index (χ2v) is 4.94. The third kappa shape index (κ3) is 2.35. The Morgan fingerprint density at radius 3 is 3.00 bits per heavy atom. The lowest BCUT2D eigenvalue weighted by atomic mass is 10.1. The van der Waals surface area contributed by atoms with E-state index in [2.05, 4.69) is 17.6 Å². The smallest absolute Gasteiger partial charge is 0.138 e. The van der Waals surface area contributed by atoms with Crippen molar-refractivity contribution in [3.63, 3.8) is 0 Å². The predicted octanol–water partition coefficient (Wildman–Crippen LogP) is 3.44. The molecular weight excluding hydrogens is 306 g/mol. The number of nitrogens with one attached hydrogen (secondary N) is 2. The van der Waals surface area contributed by atoms with Gasteiger partial charge in [0.1, 0.15) is 5.82 Å². The molecule has 1 aromatic carbocycles. The second-order valence-electron chi connectivity index (χ2n) is 3.78. The third-order valence-corrected chi connectivity index (χ3v) is 3.55. The Morgan fingerprint density at radius 2 is 2.27 bits per heavy atom. The van der Waals surface area contributed by atoms with Crippen LogP contribution in [0.3, 0.4) is 0 Å². The zero-order chi connectivity index (χ0) is 10.8. The van der Waals surface area contributed by atoms with Crippen molar-refractivity contribution in [2.24, 2.45) is 0 Å². The summed E-state index contributed by atoms with van der Waals surface area (Å²) in [5.74, 6) is -0.152. The van der Waals surface area contributed by atoms with Crippen molar-refractivity contribution in [1.82, 2.24) is 0 Å². The van der Waals surface area contributed by atoms with Crippen LogP contribution >= 0.6 is 22.6 Å². The molecule has 15 heavy (non-hydrogen) atoms. The Bertz CT molecular complexity index is 368. The maximum atomic E-state index is 13.4. The molecule has 2 N–H and O–H groups in total. The first-order valence-corrected chi connectivity index (χ1v) is 6.28. The maximum absolute atomic E-state index is 13.4. The molecule has 1 unspecified atom stereocenters. The molecule has 1 heterocycles. The normalized spacial score (nSPS) is 19.8. The number of hydrogen-bond donors (Lipinski definition) is 2. The number of benzene rings is 1. The fourth-order valence-corrected chi connectivity index (χ4v) is 2.26. The van der Waals surface area contributed by atoms with E-state index in [0.29, 0.717) is 9.61 Å². The first kappa shape index (κ1) is 11.0. The molecule has 1 aromatic rings. The largest absolute Gasteiger partial charge is 0.383 e. The molecule has 0 bridgehead atoms. The van der Waals surface area contributed by atoms with Crippen LogP contribution in [0.25, 0.3) is 0 Å². The maximum Gasteiger partial charge on any atom is 0.138 e. The molecule has 0 aliphatic carbocycles. The van der Waals surface area contributed by atoms with E-state index in [4.69, 9.17) is 0 Å². The molecular formula is C11H14FIN2. The highest BCUT2D eigenvalue weighted by molar-refractivity contribution is 14.1. The van der Waals surface area contributed by atoms with Crippen molar-refractivity contribution >= 4 is 34.0 Å². The molecule has 0 saturated carbocycles. The van der Waals surface area contributed by atoms with Gasteiger partial charge >= 0.3 is 0 Å². The molecule has 0 saturated heterocycles. The van der Waals surface area contributed by atoms with E-state index in [9.17, 15) is 4.39 Å². The summed E-state index contributed by atoms with van der Waals surface area (Å²) in [4.78, 5) is 0. The standard InChI is InChI=1S/C11H14FIN2/c1-2-7-3-4-14-10-6-9(13)8(12)5-11(10)15-7/h5-7,14-15H,2-4H2,1H3. The molecule has 2 nitrogen and oxygen atoms in total. The predicted molar refractivity (Wildman–Crippen MR) is 69.9 cm³/mol. The third-order valence-electron chi connectivity index (χ3n) is 2.72. The lowest BCUT2D eigenvalue weighted by Crippen LogP contribution is -2.18. The molecule has 0 radical (unpaired) electrons. The van der Waals surface area contributed by atoms with E-state index in [1.807, 2.05) is 28.7 Å². The van der Waals surface area contributed by atoms with Gasteiger partial charge in [-0.15, -0.1) is 0 Å². The highest BCUT2D eigenvalue weighted by Crippen LogP contribution is 2.29. The topological polar surface area (TPSA) is 24.1 Å². The minimum atomic E-state index is -0.152. The van der Waals surface area contributed by atoms with Crippen LogP contribution in [0.5, 0.6) is 0 Å². The van der Waals surface area contributed by atoms with Gasteiger partial charge in [-0.25, -0.2) is 4.39 Å². The van der Waals surface area contributed by atoms with Crippen LogP contribution in [-0.2, 0) is 0 Å². The molecule has 0 aromatic heterocycles. The van der Waals surface area contributed by atoms with Crippen molar-refractivity contribution in [2.45, 2.75) is 25.8 Å². The highest BCUT2D eigenvalue weighted by atomic mass is 127. The van der Waals surface area contributed by atoms with E-state index in [0.717, 1.165) is 30.8 Å². The van der Waals surface area contributed by atoms with Crippen LogP contribution < -0.4 is 10.6 Å². The average molecular weight is 320 g/mol. The van der Waals surface area contributed by atoms with Crippen LogP contribution in [0.1, 0.15) is 19.8 Å². The highest BCUT2D eigenvalue weighted by Gasteiger charge is 2.15. The van der Waals surface area contributed by atoms with Gasteiger partial charge in [0, 0.05) is 18.7 Å². The molecule has 0 amide bonds. The monoisotopic (exact) mass is 320 g/mol. The van der Waals surface area contributed by atoms with Gasteiger partial charge < -0.3 is 10.6 Å². The second kappa shape index (κ2) is 4.55. The summed E-state index contributed by atoms with van der Waals surface area (Å²) in [7, 11) is 0. The van der Waals surface area contributed by atoms with Gasteiger partial charge in [-0.2, -0.15) is 0 Å². The molecule has 1 aliphatic rings. The Morgan fingerprint density at radius 1 is 1.47 bits per heavy atom. The van der Waals surface area contributed by atoms with E-state index in [-0.39, 0.29) is 5.82 Å². The molecule has 1 aliphatic heterocycles. The van der Waals surface area contributed by atoms with E-state index in [1.165, 1.54) is 0 Å². The summed E-state index contributed by atoms with van der Waals surface area (Å²) < 4.78 is 14.1. The molecule has 0 fully saturated rings. The van der Waals surface area contributed by atoms with Crippen LogP contribution in [0, 0.1) is 9.39 Å². The number of rotatable bonds is 1. The van der Waals surface area contributed by atoms with Gasteiger partial charge in [0.05, 0.1) is 14.9 Å². The summed E-state index contributed by atoms with van der Waals surface area (Å²) >= 11 is 2.01. The minimum absolute atomic E-state index is 0.152. The number of fused-ring (bicyclic) bond motifs is 1. The van der Waals surface area contributed by atoms with Crippen molar-refractivity contribution < 1.29 is 4.39 Å². The number of hydrogen-bond acceptors (Lipinski definition) is 2. The fourth-order valence-electron chi connectivity index (χ4n) is 1.79. The summed E-state index contributed by atoms with van der Waals surface area (Å²) in [6.45, 7) is 3.09. The van der Waals surface area contributed by atoms with Crippen molar-refractivity contribution in [2.75, 3.05) is 17.2 Å². The summed E-state index contributed by atoms with van der Waals surface area (Å²) in [6, 6.07) is 3.88. The Labute approximate surface area is 103 Å². The van der Waals surface area contributed by atoms with Gasteiger partial charge in [0.15, 0.2) is 0 Å². The minimum Gasteiger partial charge on any atom is -0.383 e. The lowest BCUT2D eigenvalue weighted by molar-refractivity contribution is 0.620. The molecule has 1 atom stereocenters. The summed E-state index contributed by atoms with van der Waals surface area (Å²) in [5, 5.41) is 6.69. The van der Waals surface area contributed by atoms with Crippen molar-refractivity contribution in [3.05, 3.63) is 21.5 Å². The van der Waals surface area contributed by atoms with E-state index >= 15 is 0 Å². The molecule has 4 heteroatoms. The van der Waals surface area contributed by atoms with Crippen molar-refractivity contribution in [1.29, 1.82) is 0 Å². The first-order chi connectivity index (χ1) is 7.20. The van der Waals surface area contributed by atoms with E-state index in [1.54, 1.807) is 6.07 Å². The van der Waals surface area contributed by atoms with Gasteiger partial charge in [-0.3, -0.25) is 0 Å². The van der Waals surface area contributed by atoms with Crippen molar-refractivity contribution in [3.8, 4) is 0 Å². The zero-order valence-electron chi connectivity index (χ0n) is 8.61. The number of anilines is 2. The summed E-state index contributed by atoms with van der Waals surface area (Å²) in [5.41, 5.74) is 1.90. The number of halogens is 2. The SMILES string of the molecule is CCC1CCNc2cc(I)c(F)cc2N1. The van der Waals surface area contributed by atoms with Crippen LogP contribution in [0.2, 0.25) is 0 Å². The van der Waals surface area contributed by atoms with Gasteiger partial charge in [-0.05, 0) is 41.5 Å². The Balaban J connectivity index is 2.34. The first-order valence-electron chi connectivity index (χ1n) is 5.20. The molecule has 82 valence electrons. The Hall–Kier alpha value is -0.520. The zero-order valence-corrected chi connectivity index (χ0v) is 10.8. The fraction of sp³-hybridized carbons (Fsp3) is 0.455. The molecule has 0 spiro atoms. The Kier molecular flexibility index (Phi) is 3.33. The lowest BCUT2D eigenvalue weighted by Gasteiger charge is -2.15. The van der Waals surface area contributed by atoms with Gasteiger partial charge in [-0.1, -0.05) is 6.92 Å². The average Bonchev–Trinajstić information content (AvgIpc) is 2.41. The quantitative estimate of drug-likeness (QED) is 0.775. The van der Waals surface area contributed by atoms with Crippen LogP contribution in [0.4, 0.5) is 15.8 Å². The van der Waals surface area contributed by atoms with E-state index < -0.39 is 0 Å². The van der Waals surface area contributed by atoms with Gasteiger partial charge in [0.25, 0.3) is 0 Å². The van der Waals surface area contributed by atoms with Crippen LogP contribution in [0.15, 0.2) is 12.1 Å². The molecule has 2 rings (SSSR count).